The fourth-order valence-corrected chi connectivity index (χ4v) is 0.849. The summed E-state index contributed by atoms with van der Waals surface area (Å²) in [5.41, 5.74) is 1.33. The van der Waals surface area contributed by atoms with Crippen LogP contribution in [-0.4, -0.2) is 4.98 Å². The van der Waals surface area contributed by atoms with Crippen LogP contribution in [0.5, 0.6) is 0 Å². The third-order valence-electron chi connectivity index (χ3n) is 1.41. The summed E-state index contributed by atoms with van der Waals surface area (Å²) in [5, 5.41) is 9.40. The zero-order valence-corrected chi connectivity index (χ0v) is 5.07. The number of hydrogen-bond donors (Lipinski definition) is 0. The Labute approximate surface area is 57.0 Å². The van der Waals surface area contributed by atoms with Crippen molar-refractivity contribution in [2.75, 3.05) is 0 Å². The minimum Gasteiger partial charge on any atom is -0.237 e. The van der Waals surface area contributed by atoms with Crippen molar-refractivity contribution in [3.63, 3.8) is 0 Å². The predicted octanol–water partition coefficient (Wildman–Crippen LogP) is -0.676. The molecule has 0 bridgehead atoms. The highest BCUT2D eigenvalue weighted by Gasteiger charge is 2.00. The van der Waals surface area contributed by atoms with Gasteiger partial charge >= 0.3 is 0 Å². The quantitative estimate of drug-likeness (QED) is 0.466. The topological polar surface area (TPSA) is 49.0 Å². The van der Waals surface area contributed by atoms with Crippen molar-refractivity contribution in [3.05, 3.63) is 28.5 Å². The molecule has 1 aromatic heterocycles. The maximum absolute atomic E-state index is 8.54. The lowest BCUT2D eigenvalue weighted by atomic mass is 10.2. The molecule has 0 aliphatic carbocycles. The van der Waals surface area contributed by atoms with E-state index in [0.717, 1.165) is 5.22 Å². The number of rotatable bonds is 0. The van der Waals surface area contributed by atoms with E-state index in [1.807, 2.05) is 0 Å². The zero-order chi connectivity index (χ0) is 6.97. The van der Waals surface area contributed by atoms with Crippen LogP contribution in [0.15, 0.2) is 17.3 Å². The highest BCUT2D eigenvalue weighted by Crippen LogP contribution is 1.85. The minimum atomic E-state index is 0.653. The van der Waals surface area contributed by atoms with Gasteiger partial charge in [-0.1, -0.05) is 0 Å². The molecule has 0 N–H and O–H groups in total. The van der Waals surface area contributed by atoms with Crippen LogP contribution < -0.4 is 10.7 Å². The Morgan fingerprint density at radius 3 is 2.90 bits per heavy atom. The molecule has 3 heteroatoms. The number of hydrogen-bond acceptors (Lipinski definition) is 3. The number of fused-ring (bicyclic) bond motifs is 1. The molecule has 0 atom stereocenters. The molecule has 1 aromatic rings. The van der Waals surface area contributed by atoms with Gasteiger partial charge in [0.05, 0.1) is 10.8 Å². The van der Waals surface area contributed by atoms with Crippen molar-refractivity contribution in [2.24, 2.45) is 4.99 Å². The van der Waals surface area contributed by atoms with Crippen molar-refractivity contribution in [1.29, 1.82) is 5.26 Å². The summed E-state index contributed by atoms with van der Waals surface area (Å²) in [4.78, 5) is 7.78. The van der Waals surface area contributed by atoms with Crippen molar-refractivity contribution < 1.29 is 0 Å². The lowest BCUT2D eigenvalue weighted by molar-refractivity contribution is 1.08. The Balaban J connectivity index is 2.91. The minimum absolute atomic E-state index is 0.653. The van der Waals surface area contributed by atoms with Crippen LogP contribution in [-0.2, 0) is 0 Å². The summed E-state index contributed by atoms with van der Waals surface area (Å²) in [7, 11) is 0. The Bertz CT molecular complexity index is 425. The molecular weight excluding hydrogens is 126 g/mol. The molecule has 0 saturated heterocycles. The molecule has 0 spiro atoms. The molecule has 2 rings (SSSR count). The van der Waals surface area contributed by atoms with Crippen LogP contribution in [0, 0.1) is 11.3 Å². The summed E-state index contributed by atoms with van der Waals surface area (Å²) >= 11 is 0. The first kappa shape index (κ1) is 5.12. The first-order valence-corrected chi connectivity index (χ1v) is 2.85. The summed E-state index contributed by atoms with van der Waals surface area (Å²) in [6.45, 7) is 0. The number of nitrogens with zero attached hydrogens (tertiary/aromatic N) is 3. The van der Waals surface area contributed by atoms with Crippen LogP contribution in [0.2, 0.25) is 0 Å². The van der Waals surface area contributed by atoms with Crippen molar-refractivity contribution >= 4 is 6.20 Å². The smallest absolute Gasteiger partial charge is 0.162 e. The predicted molar refractivity (Wildman–Crippen MR) is 34.2 cm³/mol. The summed E-state index contributed by atoms with van der Waals surface area (Å²) in [5.74, 6) is 0. The van der Waals surface area contributed by atoms with Gasteiger partial charge in [-0.15, -0.1) is 0 Å². The lowest BCUT2D eigenvalue weighted by Gasteiger charge is -1.96. The van der Waals surface area contributed by atoms with Gasteiger partial charge in [0, 0.05) is 12.4 Å². The first-order chi connectivity index (χ1) is 4.92. The average molecular weight is 129 g/mol. The Kier molecular flexibility index (Phi) is 0.842. The van der Waals surface area contributed by atoms with E-state index in [9.17, 15) is 0 Å². The van der Waals surface area contributed by atoms with Crippen LogP contribution >= 0.6 is 0 Å². The van der Waals surface area contributed by atoms with Gasteiger partial charge in [-0.25, -0.2) is 9.98 Å². The van der Waals surface area contributed by atoms with Gasteiger partial charge in [0.2, 0.25) is 0 Å². The van der Waals surface area contributed by atoms with E-state index in [1.165, 1.54) is 0 Å². The maximum Gasteiger partial charge on any atom is 0.162 e. The normalized spacial score (nSPS) is 11.5. The Morgan fingerprint density at radius 1 is 1.50 bits per heavy atom. The van der Waals surface area contributed by atoms with E-state index in [1.54, 1.807) is 18.5 Å². The second kappa shape index (κ2) is 1.64. The van der Waals surface area contributed by atoms with Crippen molar-refractivity contribution in [2.45, 2.75) is 0 Å². The van der Waals surface area contributed by atoms with Gasteiger partial charge in [-0.2, -0.15) is 5.26 Å². The molecule has 0 fully saturated rings. The van der Waals surface area contributed by atoms with Crippen LogP contribution in [0.3, 0.4) is 0 Å². The third kappa shape index (κ3) is 0.477. The fourth-order valence-electron chi connectivity index (χ4n) is 0.849. The van der Waals surface area contributed by atoms with E-state index in [-0.39, 0.29) is 0 Å². The average Bonchev–Trinajstić information content (AvgIpc) is 1.91. The molecule has 3 nitrogen and oxygen atoms in total. The zero-order valence-electron chi connectivity index (χ0n) is 5.07. The molecule has 0 saturated carbocycles. The van der Waals surface area contributed by atoms with Gasteiger partial charge in [0.1, 0.15) is 6.07 Å². The Morgan fingerprint density at radius 2 is 2.40 bits per heavy atom. The molecule has 0 aromatic carbocycles. The fraction of sp³-hybridized carbons (Fsp3) is 0. The standard InChI is InChI=1S/C7H3N3/c8-3-5-1-2-9-7-6(5)4-10-7/h1-2,4H. The van der Waals surface area contributed by atoms with Crippen LogP contribution in [0.25, 0.3) is 6.20 Å². The van der Waals surface area contributed by atoms with Crippen LogP contribution in [0.1, 0.15) is 5.56 Å². The van der Waals surface area contributed by atoms with E-state index in [0.29, 0.717) is 11.1 Å². The van der Waals surface area contributed by atoms with E-state index in [4.69, 9.17) is 5.26 Å². The summed E-state index contributed by atoms with van der Waals surface area (Å²) in [6, 6.07) is 3.74. The van der Waals surface area contributed by atoms with Crippen molar-refractivity contribution in [3.8, 4) is 6.07 Å². The first-order valence-electron chi connectivity index (χ1n) is 2.85. The van der Waals surface area contributed by atoms with Gasteiger partial charge in [0.15, 0.2) is 5.49 Å². The van der Waals surface area contributed by atoms with Crippen LogP contribution in [0.4, 0.5) is 0 Å². The number of nitriles is 1. The second-order valence-corrected chi connectivity index (χ2v) is 1.97. The summed E-state index contributed by atoms with van der Waals surface area (Å²) in [6.07, 6.45) is 3.24. The number of pyridine rings is 1. The molecule has 10 heavy (non-hydrogen) atoms. The summed E-state index contributed by atoms with van der Waals surface area (Å²) < 4.78 is 0. The van der Waals surface area contributed by atoms with Gasteiger partial charge in [0.25, 0.3) is 0 Å². The van der Waals surface area contributed by atoms with Gasteiger partial charge in [-0.3, -0.25) is 0 Å². The highest BCUT2D eigenvalue weighted by atomic mass is 14.9. The van der Waals surface area contributed by atoms with E-state index >= 15 is 0 Å². The largest absolute Gasteiger partial charge is 0.237 e. The number of aromatic nitrogens is 1. The maximum atomic E-state index is 8.54. The monoisotopic (exact) mass is 129 g/mol. The molecule has 1 aliphatic rings. The molecule has 1 aliphatic heterocycles. The van der Waals surface area contributed by atoms with Gasteiger partial charge < -0.3 is 0 Å². The molecular formula is C7H3N3. The molecule has 0 amide bonds. The molecule has 2 heterocycles. The highest BCUT2D eigenvalue weighted by molar-refractivity contribution is 5.38. The molecule has 46 valence electrons. The van der Waals surface area contributed by atoms with Gasteiger partial charge in [-0.05, 0) is 6.07 Å². The molecule has 0 radical (unpaired) electrons. The Hall–Kier alpha value is -1.69. The third-order valence-corrected chi connectivity index (χ3v) is 1.41. The SMILES string of the molecule is N#Cc1ccnc2c1=CN=2. The van der Waals surface area contributed by atoms with E-state index < -0.39 is 0 Å². The second-order valence-electron chi connectivity index (χ2n) is 1.97. The molecule has 0 unspecified atom stereocenters. The van der Waals surface area contributed by atoms with E-state index in [2.05, 4.69) is 16.0 Å². The van der Waals surface area contributed by atoms with Crippen molar-refractivity contribution in [1.82, 2.24) is 4.98 Å². The lowest BCUT2D eigenvalue weighted by Crippen LogP contribution is -2.36.